The molecule has 3 saturated carbocycles. The van der Waals surface area contributed by atoms with E-state index in [2.05, 4.69) is 26.1 Å². The van der Waals surface area contributed by atoms with Gasteiger partial charge < -0.3 is 28.8 Å². The number of ether oxygens (including phenoxy) is 3. The second-order valence-corrected chi connectivity index (χ2v) is 13.3. The fourth-order valence-corrected chi connectivity index (χ4v) is 7.00. The van der Waals surface area contributed by atoms with Crippen molar-refractivity contribution in [1.29, 1.82) is 0 Å². The molecule has 2 saturated heterocycles. The van der Waals surface area contributed by atoms with Crippen LogP contribution < -0.4 is 10.1 Å². The van der Waals surface area contributed by atoms with Gasteiger partial charge in [-0.15, -0.1) is 0 Å². The molecule has 2 bridgehead atoms. The van der Waals surface area contributed by atoms with Gasteiger partial charge in [0, 0.05) is 0 Å². The molecule has 218 valence electrons. The van der Waals surface area contributed by atoms with Crippen molar-refractivity contribution in [2.45, 2.75) is 84.1 Å². The van der Waals surface area contributed by atoms with Crippen LogP contribution in [0.5, 0.6) is 5.75 Å². The van der Waals surface area contributed by atoms with Crippen molar-refractivity contribution in [2.75, 3.05) is 26.8 Å². The molecule has 2 heterocycles. The van der Waals surface area contributed by atoms with Crippen molar-refractivity contribution in [3.63, 3.8) is 0 Å². The number of nitrogens with one attached hydrogen (secondary N) is 1. The molecule has 5 unspecified atom stereocenters. The van der Waals surface area contributed by atoms with E-state index in [1.54, 1.807) is 12.1 Å². The third-order valence-electron chi connectivity index (χ3n) is 9.18. The van der Waals surface area contributed by atoms with E-state index in [-0.39, 0.29) is 37.0 Å². The highest BCUT2D eigenvalue weighted by Gasteiger charge is 2.68. The molecule has 0 spiro atoms. The number of methoxy groups -OCH3 is 1. The lowest BCUT2D eigenvalue weighted by Crippen LogP contribution is -2.65. The highest BCUT2D eigenvalue weighted by molar-refractivity contribution is 6.48. The number of cyclic esters (lactones) is 1. The van der Waals surface area contributed by atoms with Crippen LogP contribution in [0.3, 0.4) is 0 Å². The Morgan fingerprint density at radius 1 is 1.23 bits per heavy atom. The van der Waals surface area contributed by atoms with Crippen molar-refractivity contribution < 1.29 is 37.9 Å². The van der Waals surface area contributed by atoms with E-state index >= 15 is 0 Å². The molecular weight excluding hydrogens is 515 g/mol. The van der Waals surface area contributed by atoms with Crippen molar-refractivity contribution in [3.8, 4) is 5.75 Å². The van der Waals surface area contributed by atoms with Gasteiger partial charge >= 0.3 is 19.2 Å². The van der Waals surface area contributed by atoms with Gasteiger partial charge in [-0.1, -0.05) is 26.0 Å². The molecule has 40 heavy (non-hydrogen) atoms. The van der Waals surface area contributed by atoms with Crippen LogP contribution in [0.1, 0.15) is 70.3 Å². The summed E-state index contributed by atoms with van der Waals surface area (Å²) in [4.78, 5) is 39.5. The number of nitrogens with zero attached hydrogens (tertiary/aromatic N) is 1. The number of hydrogen-bond donors (Lipinski definition) is 1. The number of rotatable bonds is 8. The zero-order valence-electron chi connectivity index (χ0n) is 24.6. The number of para-hydroxylation sites is 1. The van der Waals surface area contributed by atoms with Crippen LogP contribution in [0.15, 0.2) is 18.2 Å². The van der Waals surface area contributed by atoms with E-state index in [0.29, 0.717) is 35.3 Å². The van der Waals surface area contributed by atoms with Crippen LogP contribution in [0.4, 0.5) is 4.79 Å². The first kappa shape index (κ1) is 28.7. The zero-order chi connectivity index (χ0) is 29.0. The summed E-state index contributed by atoms with van der Waals surface area (Å²) < 4.78 is 29.5. The number of hydrogen-bond acceptors (Lipinski definition) is 8. The van der Waals surface area contributed by atoms with Gasteiger partial charge in [-0.05, 0) is 75.8 Å². The summed E-state index contributed by atoms with van der Waals surface area (Å²) in [5.41, 5.74) is 0.0397. The summed E-state index contributed by atoms with van der Waals surface area (Å²) in [6.07, 6.45) is 1.72. The van der Waals surface area contributed by atoms with Crippen LogP contribution in [0.2, 0.25) is 0 Å². The minimum atomic E-state index is -0.713. The minimum absolute atomic E-state index is 0.0720. The molecule has 5 aliphatic rings. The third-order valence-corrected chi connectivity index (χ3v) is 9.18. The molecule has 3 aliphatic carbocycles. The van der Waals surface area contributed by atoms with Gasteiger partial charge in [-0.3, -0.25) is 9.69 Å². The fraction of sp³-hybridized carbons (Fsp3) is 0.690. The molecule has 0 aromatic heterocycles. The van der Waals surface area contributed by atoms with Gasteiger partial charge in [0.25, 0.3) is 0 Å². The maximum absolute atomic E-state index is 13.2. The summed E-state index contributed by atoms with van der Waals surface area (Å²) in [6, 6.07) is 5.29. The van der Waals surface area contributed by atoms with E-state index in [1.807, 2.05) is 26.8 Å². The molecule has 1 N–H and O–H groups in total. The lowest BCUT2D eigenvalue weighted by molar-refractivity contribution is -0.199. The molecule has 2 amide bonds. The van der Waals surface area contributed by atoms with Gasteiger partial charge in [-0.2, -0.15) is 0 Å². The highest BCUT2D eigenvalue weighted by atomic mass is 16.7. The monoisotopic (exact) mass is 556 g/mol. The third kappa shape index (κ3) is 5.18. The number of benzene rings is 1. The van der Waals surface area contributed by atoms with Crippen LogP contribution in [0.25, 0.3) is 0 Å². The molecule has 2 aliphatic heterocycles. The minimum Gasteiger partial charge on any atom is -0.496 e. The van der Waals surface area contributed by atoms with Gasteiger partial charge in [0.2, 0.25) is 5.91 Å². The van der Waals surface area contributed by atoms with Crippen LogP contribution >= 0.6 is 0 Å². The first-order chi connectivity index (χ1) is 18.7. The standard InChI is InChI=1S/C29H41BN2O8/c1-27(2,3)38-25(34)19-10-8-9-17(24(19)36-7)13-22(31-23(33)16-32-11-12-37-26(32)35)30-39-21-15-18-14-20(28(18,4)5)29(21,6)40-30/h8-10,18,20-22H,11-16H2,1-7H3,(H,31,33). The topological polar surface area (TPSA) is 113 Å². The second kappa shape index (κ2) is 10.2. The van der Waals surface area contributed by atoms with E-state index in [4.69, 9.17) is 23.5 Å². The van der Waals surface area contributed by atoms with Crippen molar-refractivity contribution >= 4 is 25.1 Å². The lowest BCUT2D eigenvalue weighted by atomic mass is 9.43. The van der Waals surface area contributed by atoms with E-state index in [9.17, 15) is 14.4 Å². The average Bonchev–Trinajstić information content (AvgIpc) is 3.43. The molecule has 5 atom stereocenters. The zero-order valence-corrected chi connectivity index (χ0v) is 24.6. The summed E-state index contributed by atoms with van der Waals surface area (Å²) in [5, 5.41) is 3.06. The average molecular weight is 556 g/mol. The summed E-state index contributed by atoms with van der Waals surface area (Å²) >= 11 is 0. The molecular formula is C29H41BN2O8. The Balaban J connectivity index is 1.41. The normalized spacial score (nSPS) is 29.3. The molecule has 11 heteroatoms. The molecule has 0 radical (unpaired) electrons. The number of amides is 2. The quantitative estimate of drug-likeness (QED) is 0.383. The summed E-state index contributed by atoms with van der Waals surface area (Å²) in [7, 11) is 0.793. The van der Waals surface area contributed by atoms with Gasteiger partial charge in [0.1, 0.15) is 30.1 Å². The Labute approximate surface area is 236 Å². The molecule has 1 aromatic carbocycles. The van der Waals surface area contributed by atoms with Crippen LogP contribution in [-0.2, 0) is 30.0 Å². The van der Waals surface area contributed by atoms with Crippen molar-refractivity contribution in [2.24, 2.45) is 17.3 Å². The van der Waals surface area contributed by atoms with E-state index < -0.39 is 36.3 Å². The van der Waals surface area contributed by atoms with Gasteiger partial charge in [0.15, 0.2) is 0 Å². The molecule has 6 rings (SSSR count). The van der Waals surface area contributed by atoms with Gasteiger partial charge in [0.05, 0.1) is 31.3 Å². The van der Waals surface area contributed by atoms with Crippen LogP contribution in [-0.4, -0.2) is 80.0 Å². The maximum Gasteiger partial charge on any atom is 0.482 e. The lowest BCUT2D eigenvalue weighted by Gasteiger charge is -2.64. The van der Waals surface area contributed by atoms with Gasteiger partial charge in [-0.25, -0.2) is 9.59 Å². The highest BCUT2D eigenvalue weighted by Crippen LogP contribution is 2.65. The van der Waals surface area contributed by atoms with Crippen molar-refractivity contribution in [3.05, 3.63) is 29.3 Å². The Hall–Kier alpha value is -2.79. The second-order valence-electron chi connectivity index (χ2n) is 13.3. The number of esters is 1. The van der Waals surface area contributed by atoms with E-state index in [0.717, 1.165) is 12.8 Å². The Morgan fingerprint density at radius 2 is 1.98 bits per heavy atom. The molecule has 5 fully saturated rings. The predicted molar refractivity (Wildman–Crippen MR) is 147 cm³/mol. The van der Waals surface area contributed by atoms with Crippen molar-refractivity contribution in [1.82, 2.24) is 10.2 Å². The summed E-state index contributed by atoms with van der Waals surface area (Å²) in [6.45, 7) is 12.6. The SMILES string of the molecule is COc1c(CC(NC(=O)CN2CCOC2=O)B2OC3CC4CC(C4(C)C)C3(C)O2)cccc1C(=O)OC(C)(C)C. The summed E-state index contributed by atoms with van der Waals surface area (Å²) in [5.74, 6) is -0.121. The Morgan fingerprint density at radius 3 is 2.60 bits per heavy atom. The Kier molecular flexibility index (Phi) is 7.36. The Bertz CT molecular complexity index is 1180. The maximum atomic E-state index is 13.2. The van der Waals surface area contributed by atoms with Crippen LogP contribution in [0, 0.1) is 17.3 Å². The largest absolute Gasteiger partial charge is 0.496 e. The first-order valence-corrected chi connectivity index (χ1v) is 14.2. The smallest absolute Gasteiger partial charge is 0.482 e. The molecule has 1 aromatic rings. The fourth-order valence-electron chi connectivity index (χ4n) is 7.00. The molecule has 10 nitrogen and oxygen atoms in total. The number of carbonyl (C=O) groups is 3. The number of carbonyl (C=O) groups excluding carboxylic acids is 3. The predicted octanol–water partition coefficient (Wildman–Crippen LogP) is 3.40. The van der Waals surface area contributed by atoms with E-state index in [1.165, 1.54) is 12.0 Å². The first-order valence-electron chi connectivity index (χ1n) is 14.2.